The summed E-state index contributed by atoms with van der Waals surface area (Å²) in [5, 5.41) is 0. The molecule has 1 aromatic rings. The summed E-state index contributed by atoms with van der Waals surface area (Å²) in [4.78, 5) is -0.311. The summed E-state index contributed by atoms with van der Waals surface area (Å²) >= 11 is 0. The van der Waals surface area contributed by atoms with Crippen LogP contribution in [0.1, 0.15) is 0 Å². The molecular formula is C7H8FNO4S2. The number of benzene rings is 1. The number of sulfonamides is 2. The van der Waals surface area contributed by atoms with E-state index in [1.165, 1.54) is 4.13 Å². The van der Waals surface area contributed by atoms with Crippen molar-refractivity contribution in [3.63, 3.8) is 0 Å². The van der Waals surface area contributed by atoms with E-state index in [4.69, 9.17) is 0 Å². The average Bonchev–Trinajstić information content (AvgIpc) is 2.00. The van der Waals surface area contributed by atoms with Gasteiger partial charge in [-0.15, -0.1) is 4.13 Å². The predicted molar refractivity (Wildman–Crippen MR) is 51.6 cm³/mol. The number of hydrogen-bond acceptors (Lipinski definition) is 4. The van der Waals surface area contributed by atoms with E-state index in [9.17, 15) is 21.2 Å². The average molecular weight is 253 g/mol. The lowest BCUT2D eigenvalue weighted by atomic mass is 10.4. The third-order valence-electron chi connectivity index (χ3n) is 1.39. The SMILES string of the molecule is CS(=O)(=O)NS(=O)(=O)c1ccc(F)cc1. The first-order valence-electron chi connectivity index (χ1n) is 3.70. The van der Waals surface area contributed by atoms with Gasteiger partial charge in [0.15, 0.2) is 0 Å². The Morgan fingerprint density at radius 2 is 1.53 bits per heavy atom. The van der Waals surface area contributed by atoms with Crippen molar-refractivity contribution in [3.05, 3.63) is 30.1 Å². The maximum absolute atomic E-state index is 12.5. The zero-order valence-electron chi connectivity index (χ0n) is 7.64. The zero-order valence-corrected chi connectivity index (χ0v) is 9.27. The monoisotopic (exact) mass is 253 g/mol. The van der Waals surface area contributed by atoms with Crippen LogP contribution in [-0.4, -0.2) is 23.1 Å². The molecule has 0 atom stereocenters. The molecule has 0 aliphatic rings. The molecule has 1 rings (SSSR count). The second kappa shape index (κ2) is 3.87. The Kier molecular flexibility index (Phi) is 3.12. The smallest absolute Gasteiger partial charge is 0.212 e. The highest BCUT2D eigenvalue weighted by molar-refractivity contribution is 8.04. The molecular weight excluding hydrogens is 245 g/mol. The second-order valence-corrected chi connectivity index (χ2v) is 6.50. The van der Waals surface area contributed by atoms with Gasteiger partial charge in [-0.05, 0) is 24.3 Å². The van der Waals surface area contributed by atoms with E-state index in [2.05, 4.69) is 0 Å². The topological polar surface area (TPSA) is 80.3 Å². The fourth-order valence-electron chi connectivity index (χ4n) is 0.861. The van der Waals surface area contributed by atoms with Gasteiger partial charge in [-0.25, -0.2) is 21.2 Å². The van der Waals surface area contributed by atoms with E-state index in [0.717, 1.165) is 24.3 Å². The summed E-state index contributed by atoms with van der Waals surface area (Å²) in [5.74, 6) is -0.603. The lowest BCUT2D eigenvalue weighted by molar-refractivity contribution is 0.579. The molecule has 1 aromatic carbocycles. The van der Waals surface area contributed by atoms with E-state index >= 15 is 0 Å². The molecule has 0 spiro atoms. The molecule has 0 aliphatic heterocycles. The van der Waals surface area contributed by atoms with Crippen LogP contribution in [0.5, 0.6) is 0 Å². The highest BCUT2D eigenvalue weighted by Gasteiger charge is 2.18. The molecule has 1 N–H and O–H groups in total. The van der Waals surface area contributed by atoms with Crippen LogP contribution in [0, 0.1) is 5.82 Å². The maximum atomic E-state index is 12.5. The summed E-state index contributed by atoms with van der Waals surface area (Å²) in [6, 6.07) is 3.80. The first-order chi connectivity index (χ1) is 6.71. The van der Waals surface area contributed by atoms with E-state index in [-0.39, 0.29) is 4.90 Å². The van der Waals surface area contributed by atoms with Crippen molar-refractivity contribution >= 4 is 20.0 Å². The molecule has 0 heterocycles. The van der Waals surface area contributed by atoms with Gasteiger partial charge in [0.1, 0.15) is 5.82 Å². The lowest BCUT2D eigenvalue weighted by Crippen LogP contribution is -2.29. The number of halogens is 1. The molecule has 8 heteroatoms. The van der Waals surface area contributed by atoms with E-state index in [1.807, 2.05) is 0 Å². The Labute approximate surface area is 87.0 Å². The third-order valence-corrected chi connectivity index (χ3v) is 4.37. The van der Waals surface area contributed by atoms with Crippen LogP contribution in [0.4, 0.5) is 4.39 Å². The fourth-order valence-corrected chi connectivity index (χ4v) is 3.33. The normalized spacial score (nSPS) is 12.7. The van der Waals surface area contributed by atoms with Gasteiger partial charge < -0.3 is 0 Å². The Morgan fingerprint density at radius 3 is 1.93 bits per heavy atom. The number of nitrogens with one attached hydrogen (secondary N) is 1. The van der Waals surface area contributed by atoms with Crippen LogP contribution in [-0.2, 0) is 20.0 Å². The molecule has 0 saturated heterocycles. The third kappa shape index (κ3) is 3.57. The first kappa shape index (κ1) is 12.1. The minimum Gasteiger partial charge on any atom is -0.212 e. The standard InChI is InChI=1S/C7H8FNO4S2/c1-14(10,11)9-15(12,13)7-4-2-6(8)3-5-7/h2-5,9H,1H3. The van der Waals surface area contributed by atoms with Crippen LogP contribution in [0.3, 0.4) is 0 Å². The van der Waals surface area contributed by atoms with Crippen molar-refractivity contribution in [2.24, 2.45) is 0 Å². The molecule has 0 aromatic heterocycles. The molecule has 0 bridgehead atoms. The zero-order chi connectivity index (χ0) is 11.7. The van der Waals surface area contributed by atoms with Crippen molar-refractivity contribution < 1.29 is 21.2 Å². The Hall–Kier alpha value is -0.990. The van der Waals surface area contributed by atoms with E-state index in [1.54, 1.807) is 0 Å². The molecule has 84 valence electrons. The number of hydrogen-bond donors (Lipinski definition) is 1. The van der Waals surface area contributed by atoms with Crippen LogP contribution in [0.25, 0.3) is 0 Å². The molecule has 0 fully saturated rings. The predicted octanol–water partition coefficient (Wildman–Crippen LogP) is 0.0636. The quantitative estimate of drug-likeness (QED) is 0.826. The summed E-state index contributed by atoms with van der Waals surface area (Å²) in [6.07, 6.45) is 0.716. The van der Waals surface area contributed by atoms with E-state index in [0.29, 0.717) is 6.26 Å². The van der Waals surface area contributed by atoms with Gasteiger partial charge in [-0.1, -0.05) is 0 Å². The van der Waals surface area contributed by atoms with Gasteiger partial charge in [0.05, 0.1) is 11.2 Å². The van der Waals surface area contributed by atoms with Crippen LogP contribution in [0.2, 0.25) is 0 Å². The van der Waals surface area contributed by atoms with Crippen LogP contribution < -0.4 is 4.13 Å². The van der Waals surface area contributed by atoms with Gasteiger partial charge >= 0.3 is 0 Å². The Bertz CT molecular complexity index is 547. The Balaban J connectivity index is 3.13. The van der Waals surface area contributed by atoms with E-state index < -0.39 is 25.9 Å². The summed E-state index contributed by atoms with van der Waals surface area (Å²) in [5.41, 5.74) is 0. The molecule has 0 aliphatic carbocycles. The minimum atomic E-state index is -4.14. The second-order valence-electron chi connectivity index (χ2n) is 2.81. The van der Waals surface area contributed by atoms with Crippen molar-refractivity contribution in [3.8, 4) is 0 Å². The molecule has 0 radical (unpaired) electrons. The Morgan fingerprint density at radius 1 is 1.07 bits per heavy atom. The van der Waals surface area contributed by atoms with Crippen molar-refractivity contribution in [2.75, 3.05) is 6.26 Å². The highest BCUT2D eigenvalue weighted by Crippen LogP contribution is 2.09. The molecule has 15 heavy (non-hydrogen) atoms. The van der Waals surface area contributed by atoms with Gasteiger partial charge in [0.25, 0.3) is 10.0 Å². The summed E-state index contributed by atoms with van der Waals surface area (Å²) in [7, 11) is -8.01. The summed E-state index contributed by atoms with van der Waals surface area (Å²) < 4.78 is 58.1. The molecule has 5 nitrogen and oxygen atoms in total. The maximum Gasteiger partial charge on any atom is 0.253 e. The van der Waals surface area contributed by atoms with Crippen molar-refractivity contribution in [1.29, 1.82) is 0 Å². The van der Waals surface area contributed by atoms with Crippen LogP contribution in [0.15, 0.2) is 29.2 Å². The molecule has 0 saturated carbocycles. The summed E-state index contributed by atoms with van der Waals surface area (Å²) in [6.45, 7) is 0. The fraction of sp³-hybridized carbons (Fsp3) is 0.143. The minimum absolute atomic E-state index is 0.311. The van der Waals surface area contributed by atoms with Gasteiger partial charge in [-0.3, -0.25) is 0 Å². The van der Waals surface area contributed by atoms with Crippen molar-refractivity contribution in [1.82, 2.24) is 4.13 Å². The van der Waals surface area contributed by atoms with Gasteiger partial charge in [-0.2, -0.15) is 0 Å². The molecule has 0 unspecified atom stereocenters. The highest BCUT2D eigenvalue weighted by atomic mass is 32.3. The largest absolute Gasteiger partial charge is 0.253 e. The first-order valence-corrected chi connectivity index (χ1v) is 7.07. The van der Waals surface area contributed by atoms with Crippen LogP contribution >= 0.6 is 0 Å². The lowest BCUT2D eigenvalue weighted by Gasteiger charge is -2.03. The van der Waals surface area contributed by atoms with Gasteiger partial charge in [0, 0.05) is 0 Å². The number of rotatable bonds is 3. The van der Waals surface area contributed by atoms with Crippen molar-refractivity contribution in [2.45, 2.75) is 4.90 Å². The molecule has 0 amide bonds. The van der Waals surface area contributed by atoms with Gasteiger partial charge in [0.2, 0.25) is 10.0 Å².